The molecule has 2 heterocycles. The maximum atomic E-state index is 3.94. The molecule has 1 aromatic rings. The highest BCUT2D eigenvalue weighted by molar-refractivity contribution is 4.97. The first kappa shape index (κ1) is 9.65. The number of nitrogens with zero attached hydrogens (tertiary/aromatic N) is 3. The van der Waals surface area contributed by atoms with E-state index in [-0.39, 0.29) is 0 Å². The standard InChI is InChI=1S/C10H18N4/c1-8-3-4-9(11-6-8)5-10-7-12-13-14(10)2/h7-9,11H,3-6H2,1-2H3. The van der Waals surface area contributed by atoms with Gasteiger partial charge in [0.15, 0.2) is 0 Å². The van der Waals surface area contributed by atoms with E-state index >= 15 is 0 Å². The van der Waals surface area contributed by atoms with Crippen LogP contribution in [0.15, 0.2) is 6.20 Å². The molecule has 4 heteroatoms. The summed E-state index contributed by atoms with van der Waals surface area (Å²) in [5.74, 6) is 0.830. The van der Waals surface area contributed by atoms with Gasteiger partial charge in [0.2, 0.25) is 0 Å². The number of hydrogen-bond donors (Lipinski definition) is 1. The number of piperidine rings is 1. The third kappa shape index (κ3) is 2.12. The van der Waals surface area contributed by atoms with Gasteiger partial charge in [-0.25, -0.2) is 0 Å². The smallest absolute Gasteiger partial charge is 0.0725 e. The van der Waals surface area contributed by atoms with E-state index in [9.17, 15) is 0 Å². The Morgan fingerprint density at radius 1 is 1.57 bits per heavy atom. The molecule has 1 aliphatic heterocycles. The van der Waals surface area contributed by atoms with E-state index in [1.165, 1.54) is 18.5 Å². The Kier molecular flexibility index (Phi) is 2.82. The van der Waals surface area contributed by atoms with Crippen LogP contribution in [0.1, 0.15) is 25.5 Å². The van der Waals surface area contributed by atoms with E-state index < -0.39 is 0 Å². The van der Waals surface area contributed by atoms with Crippen LogP contribution in [0.2, 0.25) is 0 Å². The molecular weight excluding hydrogens is 176 g/mol. The lowest BCUT2D eigenvalue weighted by Gasteiger charge is -2.27. The van der Waals surface area contributed by atoms with Crippen LogP contribution in [0, 0.1) is 5.92 Å². The van der Waals surface area contributed by atoms with Crippen molar-refractivity contribution in [2.45, 2.75) is 32.2 Å². The van der Waals surface area contributed by atoms with Gasteiger partial charge in [0.1, 0.15) is 0 Å². The molecule has 2 rings (SSSR count). The van der Waals surface area contributed by atoms with Gasteiger partial charge in [0.05, 0.1) is 11.9 Å². The Hall–Kier alpha value is -0.900. The van der Waals surface area contributed by atoms with Crippen molar-refractivity contribution < 1.29 is 0 Å². The summed E-state index contributed by atoms with van der Waals surface area (Å²) in [6.07, 6.45) is 5.52. The molecule has 0 amide bonds. The van der Waals surface area contributed by atoms with Gasteiger partial charge in [-0.1, -0.05) is 12.1 Å². The fourth-order valence-electron chi connectivity index (χ4n) is 1.98. The zero-order valence-electron chi connectivity index (χ0n) is 8.90. The summed E-state index contributed by atoms with van der Waals surface area (Å²) in [6.45, 7) is 3.45. The first-order valence-corrected chi connectivity index (χ1v) is 5.32. The second kappa shape index (κ2) is 4.09. The van der Waals surface area contributed by atoms with Gasteiger partial charge < -0.3 is 5.32 Å². The zero-order chi connectivity index (χ0) is 9.97. The van der Waals surface area contributed by atoms with Gasteiger partial charge in [-0.15, -0.1) is 5.10 Å². The lowest BCUT2D eigenvalue weighted by molar-refractivity contribution is 0.323. The quantitative estimate of drug-likeness (QED) is 0.755. The number of aryl methyl sites for hydroxylation is 1. The van der Waals surface area contributed by atoms with Gasteiger partial charge in [-0.2, -0.15) is 0 Å². The van der Waals surface area contributed by atoms with Crippen molar-refractivity contribution in [1.82, 2.24) is 20.3 Å². The molecule has 1 fully saturated rings. The van der Waals surface area contributed by atoms with Crippen LogP contribution in [0.25, 0.3) is 0 Å². The van der Waals surface area contributed by atoms with Crippen molar-refractivity contribution in [2.24, 2.45) is 13.0 Å². The average Bonchev–Trinajstić information content (AvgIpc) is 2.56. The molecule has 0 aromatic carbocycles. The molecule has 2 unspecified atom stereocenters. The van der Waals surface area contributed by atoms with Crippen LogP contribution >= 0.6 is 0 Å². The first-order valence-electron chi connectivity index (χ1n) is 5.32. The molecule has 0 spiro atoms. The van der Waals surface area contributed by atoms with Gasteiger partial charge in [-0.05, 0) is 25.3 Å². The van der Waals surface area contributed by atoms with Gasteiger partial charge in [-0.3, -0.25) is 4.68 Å². The second-order valence-corrected chi connectivity index (χ2v) is 4.34. The SMILES string of the molecule is CC1CCC(Cc2cnnn2C)NC1. The molecule has 2 atom stereocenters. The summed E-state index contributed by atoms with van der Waals surface area (Å²) in [6, 6.07) is 0.614. The van der Waals surface area contributed by atoms with Crippen LogP contribution < -0.4 is 5.32 Å². The Labute approximate surface area is 84.7 Å². The third-order valence-electron chi connectivity index (χ3n) is 3.03. The van der Waals surface area contributed by atoms with Gasteiger partial charge >= 0.3 is 0 Å². The van der Waals surface area contributed by atoms with Crippen molar-refractivity contribution in [3.63, 3.8) is 0 Å². The number of hydrogen-bond acceptors (Lipinski definition) is 3. The van der Waals surface area contributed by atoms with Gasteiger partial charge in [0.25, 0.3) is 0 Å². The first-order chi connectivity index (χ1) is 6.75. The minimum Gasteiger partial charge on any atom is -0.313 e. The molecule has 0 aliphatic carbocycles. The molecule has 1 aliphatic rings. The summed E-state index contributed by atoms with van der Waals surface area (Å²) in [5, 5.41) is 11.4. The fraction of sp³-hybridized carbons (Fsp3) is 0.800. The van der Waals surface area contributed by atoms with Crippen molar-refractivity contribution in [3.8, 4) is 0 Å². The Bertz CT molecular complexity index is 286. The lowest BCUT2D eigenvalue weighted by atomic mass is 9.94. The Morgan fingerprint density at radius 2 is 2.43 bits per heavy atom. The lowest BCUT2D eigenvalue weighted by Crippen LogP contribution is -2.39. The van der Waals surface area contributed by atoms with E-state index in [2.05, 4.69) is 22.6 Å². The number of nitrogens with one attached hydrogen (secondary N) is 1. The summed E-state index contributed by atoms with van der Waals surface area (Å²) in [5.41, 5.74) is 1.22. The molecule has 1 saturated heterocycles. The summed E-state index contributed by atoms with van der Waals surface area (Å²) in [7, 11) is 1.95. The third-order valence-corrected chi connectivity index (χ3v) is 3.03. The van der Waals surface area contributed by atoms with Crippen molar-refractivity contribution >= 4 is 0 Å². The normalized spacial score (nSPS) is 27.9. The van der Waals surface area contributed by atoms with Crippen LogP contribution in [0.4, 0.5) is 0 Å². The number of rotatable bonds is 2. The highest BCUT2D eigenvalue weighted by atomic mass is 15.4. The fourth-order valence-corrected chi connectivity index (χ4v) is 1.98. The zero-order valence-corrected chi connectivity index (χ0v) is 8.90. The maximum Gasteiger partial charge on any atom is 0.0725 e. The predicted octanol–water partition coefficient (Wildman–Crippen LogP) is 0.746. The van der Waals surface area contributed by atoms with E-state index in [1.54, 1.807) is 0 Å². The van der Waals surface area contributed by atoms with E-state index in [1.807, 2.05) is 17.9 Å². The van der Waals surface area contributed by atoms with Crippen LogP contribution in [0.5, 0.6) is 0 Å². The summed E-state index contributed by atoms with van der Waals surface area (Å²) >= 11 is 0. The Balaban J connectivity index is 1.89. The highest BCUT2D eigenvalue weighted by Crippen LogP contribution is 2.15. The van der Waals surface area contributed by atoms with E-state index in [0.29, 0.717) is 6.04 Å². The van der Waals surface area contributed by atoms with E-state index in [0.717, 1.165) is 18.9 Å². The molecule has 4 nitrogen and oxygen atoms in total. The van der Waals surface area contributed by atoms with Crippen molar-refractivity contribution in [3.05, 3.63) is 11.9 Å². The molecule has 1 aromatic heterocycles. The molecule has 0 radical (unpaired) electrons. The molecule has 78 valence electrons. The minimum absolute atomic E-state index is 0.614. The molecule has 0 bridgehead atoms. The maximum absolute atomic E-state index is 3.94. The largest absolute Gasteiger partial charge is 0.313 e. The highest BCUT2D eigenvalue weighted by Gasteiger charge is 2.18. The predicted molar refractivity (Wildman–Crippen MR) is 54.9 cm³/mol. The second-order valence-electron chi connectivity index (χ2n) is 4.34. The molecular formula is C10H18N4. The Morgan fingerprint density at radius 3 is 3.00 bits per heavy atom. The molecule has 1 N–H and O–H groups in total. The van der Waals surface area contributed by atoms with Crippen LogP contribution in [-0.4, -0.2) is 27.6 Å². The topological polar surface area (TPSA) is 42.7 Å². The van der Waals surface area contributed by atoms with Crippen LogP contribution in [-0.2, 0) is 13.5 Å². The molecule has 14 heavy (non-hydrogen) atoms. The van der Waals surface area contributed by atoms with Crippen molar-refractivity contribution in [2.75, 3.05) is 6.54 Å². The monoisotopic (exact) mass is 194 g/mol. The average molecular weight is 194 g/mol. The van der Waals surface area contributed by atoms with Crippen molar-refractivity contribution in [1.29, 1.82) is 0 Å². The van der Waals surface area contributed by atoms with E-state index in [4.69, 9.17) is 0 Å². The minimum atomic E-state index is 0.614. The number of aromatic nitrogens is 3. The molecule has 0 saturated carbocycles. The van der Waals surface area contributed by atoms with Crippen LogP contribution in [0.3, 0.4) is 0 Å². The van der Waals surface area contributed by atoms with Gasteiger partial charge in [0, 0.05) is 19.5 Å². The summed E-state index contributed by atoms with van der Waals surface area (Å²) < 4.78 is 1.86. The summed E-state index contributed by atoms with van der Waals surface area (Å²) in [4.78, 5) is 0.